The molecule has 2 aromatic rings. The summed E-state index contributed by atoms with van der Waals surface area (Å²) >= 11 is 11.7. The second-order valence-corrected chi connectivity index (χ2v) is 5.73. The summed E-state index contributed by atoms with van der Waals surface area (Å²) in [5.74, 6) is -1.53. The molecule has 2 aromatic carbocycles. The molecule has 2 N–H and O–H groups in total. The molecule has 23 heavy (non-hydrogen) atoms. The molecule has 0 saturated heterocycles. The van der Waals surface area contributed by atoms with Crippen molar-refractivity contribution in [2.45, 2.75) is 13.0 Å². The minimum Gasteiger partial charge on any atom is -0.322 e. The Morgan fingerprint density at radius 1 is 1.13 bits per heavy atom. The van der Waals surface area contributed by atoms with Crippen molar-refractivity contribution < 1.29 is 13.6 Å². The van der Waals surface area contributed by atoms with Crippen LogP contribution in [0.15, 0.2) is 36.4 Å². The van der Waals surface area contributed by atoms with Crippen LogP contribution in [0.5, 0.6) is 0 Å². The van der Waals surface area contributed by atoms with Crippen LogP contribution in [0.4, 0.5) is 14.5 Å². The summed E-state index contributed by atoms with van der Waals surface area (Å²) < 4.78 is 27.0. The van der Waals surface area contributed by atoms with Crippen LogP contribution in [0.3, 0.4) is 0 Å². The van der Waals surface area contributed by atoms with Gasteiger partial charge in [0, 0.05) is 11.1 Å². The standard InChI is InChI=1S/C16H14Cl2F2N2O/c1-9(10-6-14(20)12(18)7-11(10)17)21-8-16(23)22-15-5-3-2-4-13(15)19/h2-7,9,21H,8H2,1H3,(H,22,23)/t9-/m1/s1. The second kappa shape index (κ2) is 7.73. The van der Waals surface area contributed by atoms with Gasteiger partial charge < -0.3 is 10.6 Å². The van der Waals surface area contributed by atoms with Gasteiger partial charge in [0.1, 0.15) is 11.6 Å². The van der Waals surface area contributed by atoms with E-state index in [-0.39, 0.29) is 23.3 Å². The topological polar surface area (TPSA) is 41.1 Å². The van der Waals surface area contributed by atoms with Crippen molar-refractivity contribution in [3.8, 4) is 0 Å². The molecule has 0 aliphatic heterocycles. The summed E-state index contributed by atoms with van der Waals surface area (Å²) in [4.78, 5) is 11.8. The van der Waals surface area contributed by atoms with Gasteiger partial charge in [-0.05, 0) is 36.8 Å². The van der Waals surface area contributed by atoms with Crippen LogP contribution in [-0.2, 0) is 4.79 Å². The van der Waals surface area contributed by atoms with E-state index in [4.69, 9.17) is 23.2 Å². The molecule has 0 aromatic heterocycles. The predicted octanol–water partition coefficient (Wildman–Crippen LogP) is 4.56. The molecule has 0 saturated carbocycles. The van der Waals surface area contributed by atoms with Gasteiger partial charge in [-0.1, -0.05) is 35.3 Å². The first-order valence-corrected chi connectivity index (χ1v) is 7.56. The van der Waals surface area contributed by atoms with Gasteiger partial charge in [-0.3, -0.25) is 4.79 Å². The van der Waals surface area contributed by atoms with Crippen molar-refractivity contribution in [3.63, 3.8) is 0 Å². The fourth-order valence-corrected chi connectivity index (χ4v) is 2.53. The SMILES string of the molecule is C[C@@H](NCC(=O)Nc1ccccc1F)c1cc(F)c(Cl)cc1Cl. The van der Waals surface area contributed by atoms with Gasteiger partial charge in [0.15, 0.2) is 0 Å². The second-order valence-electron chi connectivity index (χ2n) is 4.92. The number of rotatable bonds is 5. The Labute approximate surface area is 142 Å². The average Bonchev–Trinajstić information content (AvgIpc) is 2.51. The molecular formula is C16H14Cl2F2N2O. The van der Waals surface area contributed by atoms with Gasteiger partial charge in [0.05, 0.1) is 17.3 Å². The molecule has 0 bridgehead atoms. The number of nitrogens with one attached hydrogen (secondary N) is 2. The van der Waals surface area contributed by atoms with Crippen LogP contribution in [0, 0.1) is 11.6 Å². The summed E-state index contributed by atoms with van der Waals surface area (Å²) in [5, 5.41) is 5.58. The van der Waals surface area contributed by atoms with E-state index in [2.05, 4.69) is 10.6 Å². The van der Waals surface area contributed by atoms with Crippen LogP contribution in [0.25, 0.3) is 0 Å². The first-order chi connectivity index (χ1) is 10.9. The minimum absolute atomic E-state index is 0.0664. The Bertz CT molecular complexity index is 725. The fraction of sp³-hybridized carbons (Fsp3) is 0.188. The third kappa shape index (κ3) is 4.64. The zero-order valence-electron chi connectivity index (χ0n) is 12.2. The summed E-state index contributed by atoms with van der Waals surface area (Å²) in [5.41, 5.74) is 0.579. The lowest BCUT2D eigenvalue weighted by atomic mass is 10.1. The lowest BCUT2D eigenvalue weighted by Gasteiger charge is -2.16. The number of carbonyl (C=O) groups excluding carboxylic acids is 1. The highest BCUT2D eigenvalue weighted by molar-refractivity contribution is 6.35. The lowest BCUT2D eigenvalue weighted by molar-refractivity contribution is -0.115. The van der Waals surface area contributed by atoms with Gasteiger partial charge >= 0.3 is 0 Å². The van der Waals surface area contributed by atoms with E-state index in [0.717, 1.165) is 0 Å². The fourth-order valence-electron chi connectivity index (χ4n) is 1.98. The molecule has 0 fully saturated rings. The molecule has 0 aliphatic rings. The Morgan fingerprint density at radius 3 is 2.52 bits per heavy atom. The number of carbonyl (C=O) groups is 1. The largest absolute Gasteiger partial charge is 0.322 e. The quantitative estimate of drug-likeness (QED) is 0.769. The van der Waals surface area contributed by atoms with Crippen LogP contribution in [0.1, 0.15) is 18.5 Å². The summed E-state index contributed by atoms with van der Waals surface area (Å²) in [6, 6.07) is 8.00. The highest BCUT2D eigenvalue weighted by atomic mass is 35.5. The first kappa shape index (κ1) is 17.7. The van der Waals surface area contributed by atoms with E-state index in [1.807, 2.05) is 0 Å². The number of halogens is 4. The van der Waals surface area contributed by atoms with E-state index in [1.54, 1.807) is 13.0 Å². The van der Waals surface area contributed by atoms with Crippen LogP contribution < -0.4 is 10.6 Å². The third-order valence-corrected chi connectivity index (χ3v) is 3.84. The van der Waals surface area contributed by atoms with E-state index >= 15 is 0 Å². The number of amides is 1. The number of hydrogen-bond acceptors (Lipinski definition) is 2. The lowest BCUT2D eigenvalue weighted by Crippen LogP contribution is -2.30. The molecular weight excluding hydrogens is 345 g/mol. The number of hydrogen-bond donors (Lipinski definition) is 2. The van der Waals surface area contributed by atoms with E-state index in [9.17, 15) is 13.6 Å². The van der Waals surface area contributed by atoms with Gasteiger partial charge in [0.2, 0.25) is 5.91 Å². The Kier molecular flexibility index (Phi) is 5.93. The minimum atomic E-state index is -0.587. The highest BCUT2D eigenvalue weighted by Crippen LogP contribution is 2.28. The molecule has 0 radical (unpaired) electrons. The Balaban J connectivity index is 1.96. The maximum absolute atomic E-state index is 13.5. The molecule has 1 atom stereocenters. The van der Waals surface area contributed by atoms with Crippen molar-refractivity contribution in [2.24, 2.45) is 0 Å². The van der Waals surface area contributed by atoms with Gasteiger partial charge in [-0.25, -0.2) is 8.78 Å². The normalized spacial score (nSPS) is 12.0. The number of benzene rings is 2. The first-order valence-electron chi connectivity index (χ1n) is 6.80. The van der Waals surface area contributed by atoms with Crippen LogP contribution in [0.2, 0.25) is 10.0 Å². The molecule has 7 heteroatoms. The molecule has 0 aliphatic carbocycles. The maximum Gasteiger partial charge on any atom is 0.238 e. The Hall–Kier alpha value is -1.69. The molecule has 1 amide bonds. The van der Waals surface area contributed by atoms with Gasteiger partial charge in [-0.2, -0.15) is 0 Å². The zero-order valence-corrected chi connectivity index (χ0v) is 13.7. The van der Waals surface area contributed by atoms with Crippen molar-refractivity contribution in [1.82, 2.24) is 5.32 Å². The number of para-hydroxylation sites is 1. The van der Waals surface area contributed by atoms with Crippen molar-refractivity contribution in [3.05, 3.63) is 63.6 Å². The van der Waals surface area contributed by atoms with Crippen molar-refractivity contribution in [1.29, 1.82) is 0 Å². The molecule has 0 heterocycles. The van der Waals surface area contributed by atoms with E-state index in [1.165, 1.54) is 30.3 Å². The molecule has 0 spiro atoms. The highest BCUT2D eigenvalue weighted by Gasteiger charge is 2.14. The zero-order chi connectivity index (χ0) is 17.0. The molecule has 2 rings (SSSR count). The van der Waals surface area contributed by atoms with Crippen molar-refractivity contribution in [2.75, 3.05) is 11.9 Å². The molecule has 0 unspecified atom stereocenters. The van der Waals surface area contributed by atoms with Gasteiger partial charge in [0.25, 0.3) is 0 Å². The molecule has 122 valence electrons. The smallest absolute Gasteiger partial charge is 0.238 e. The Morgan fingerprint density at radius 2 is 1.83 bits per heavy atom. The summed E-state index contributed by atoms with van der Waals surface area (Å²) in [7, 11) is 0. The van der Waals surface area contributed by atoms with E-state index in [0.29, 0.717) is 10.6 Å². The van der Waals surface area contributed by atoms with Crippen molar-refractivity contribution >= 4 is 34.8 Å². The van der Waals surface area contributed by atoms with E-state index < -0.39 is 17.5 Å². The number of anilines is 1. The summed E-state index contributed by atoms with van der Waals surface area (Å²) in [6.07, 6.45) is 0. The average molecular weight is 359 g/mol. The third-order valence-electron chi connectivity index (χ3n) is 3.22. The molecule has 3 nitrogen and oxygen atoms in total. The van der Waals surface area contributed by atoms with Gasteiger partial charge in [-0.15, -0.1) is 0 Å². The summed E-state index contributed by atoms with van der Waals surface area (Å²) in [6.45, 7) is 1.64. The maximum atomic E-state index is 13.5. The van der Waals surface area contributed by atoms with Crippen LogP contribution in [-0.4, -0.2) is 12.5 Å². The van der Waals surface area contributed by atoms with Crippen LogP contribution >= 0.6 is 23.2 Å². The monoisotopic (exact) mass is 358 g/mol. The predicted molar refractivity (Wildman–Crippen MR) is 87.9 cm³/mol.